The van der Waals surface area contributed by atoms with Crippen LogP contribution in [0.25, 0.3) is 11.1 Å². The van der Waals surface area contributed by atoms with E-state index in [9.17, 15) is 14.0 Å². The highest BCUT2D eigenvalue weighted by atomic mass is 32.1. The normalized spacial score (nSPS) is 10.4. The molecule has 1 N–H and O–H groups in total. The molecule has 0 bridgehead atoms. The maximum Gasteiger partial charge on any atom is 0.341 e. The summed E-state index contributed by atoms with van der Waals surface area (Å²) in [6.07, 6.45) is 0. The largest absolute Gasteiger partial charge is 0.493 e. The molecule has 1 aromatic heterocycles. The number of hydrogen-bond donors (Lipinski definition) is 1. The number of thiophene rings is 1. The van der Waals surface area contributed by atoms with Gasteiger partial charge in [0.25, 0.3) is 5.91 Å². The summed E-state index contributed by atoms with van der Waals surface area (Å²) in [5.41, 5.74) is 1.64. The lowest BCUT2D eigenvalue weighted by molar-refractivity contribution is 0.0603. The van der Waals surface area contributed by atoms with Gasteiger partial charge in [0.05, 0.1) is 28.4 Å². The van der Waals surface area contributed by atoms with Gasteiger partial charge in [-0.2, -0.15) is 0 Å². The molecule has 3 rings (SSSR count). The summed E-state index contributed by atoms with van der Waals surface area (Å²) < 4.78 is 34.2. The fraction of sp³-hybridized carbons (Fsp3) is 0.217. The van der Waals surface area contributed by atoms with Gasteiger partial charge >= 0.3 is 5.97 Å². The minimum atomic E-state index is -0.617. The summed E-state index contributed by atoms with van der Waals surface area (Å²) in [7, 11) is 5.63. The Balaban J connectivity index is 2.06. The number of hydrogen-bond acceptors (Lipinski definition) is 7. The number of nitrogens with one attached hydrogen (secondary N) is 1. The fourth-order valence-electron chi connectivity index (χ4n) is 3.28. The van der Waals surface area contributed by atoms with Crippen LogP contribution < -0.4 is 19.5 Å². The van der Waals surface area contributed by atoms with Crippen molar-refractivity contribution in [3.05, 3.63) is 58.2 Å². The van der Waals surface area contributed by atoms with Crippen LogP contribution in [0, 0.1) is 12.7 Å². The highest BCUT2D eigenvalue weighted by Crippen LogP contribution is 2.42. The lowest BCUT2D eigenvalue weighted by Crippen LogP contribution is -2.14. The van der Waals surface area contributed by atoms with Gasteiger partial charge in [-0.05, 0) is 36.8 Å². The number of halogens is 1. The number of ether oxygens (including phenoxy) is 4. The van der Waals surface area contributed by atoms with Crippen LogP contribution in [0.15, 0.2) is 36.4 Å². The first kappa shape index (κ1) is 23.1. The molecule has 0 atom stereocenters. The van der Waals surface area contributed by atoms with E-state index in [0.717, 1.165) is 4.88 Å². The summed E-state index contributed by atoms with van der Waals surface area (Å²) >= 11 is 1.22. The molecule has 32 heavy (non-hydrogen) atoms. The van der Waals surface area contributed by atoms with Crippen LogP contribution in [0.4, 0.5) is 9.39 Å². The van der Waals surface area contributed by atoms with Gasteiger partial charge in [0.15, 0.2) is 11.5 Å². The van der Waals surface area contributed by atoms with E-state index < -0.39 is 17.7 Å². The summed E-state index contributed by atoms with van der Waals surface area (Å²) in [5.74, 6) is -0.501. The molecule has 3 aromatic rings. The van der Waals surface area contributed by atoms with E-state index in [2.05, 4.69) is 5.32 Å². The molecule has 0 fully saturated rings. The van der Waals surface area contributed by atoms with Gasteiger partial charge in [-0.15, -0.1) is 11.3 Å². The van der Waals surface area contributed by atoms with Crippen LogP contribution in [0.3, 0.4) is 0 Å². The van der Waals surface area contributed by atoms with Gasteiger partial charge in [0.1, 0.15) is 16.4 Å². The molecule has 2 aromatic carbocycles. The van der Waals surface area contributed by atoms with Crippen LogP contribution in [-0.2, 0) is 4.74 Å². The van der Waals surface area contributed by atoms with Crippen molar-refractivity contribution in [2.75, 3.05) is 33.8 Å². The van der Waals surface area contributed by atoms with E-state index in [1.807, 2.05) is 6.92 Å². The van der Waals surface area contributed by atoms with Gasteiger partial charge in [-0.25, -0.2) is 9.18 Å². The van der Waals surface area contributed by atoms with Crippen LogP contribution in [0.1, 0.15) is 25.6 Å². The predicted octanol–water partition coefficient (Wildman–Crippen LogP) is 4.93. The van der Waals surface area contributed by atoms with Crippen LogP contribution in [0.2, 0.25) is 0 Å². The Labute approximate surface area is 188 Å². The zero-order valence-electron chi connectivity index (χ0n) is 18.2. The molecule has 0 radical (unpaired) electrons. The zero-order chi connectivity index (χ0) is 23.4. The number of methoxy groups -OCH3 is 4. The number of rotatable bonds is 7. The third-order valence-corrected chi connectivity index (χ3v) is 5.78. The third kappa shape index (κ3) is 4.38. The van der Waals surface area contributed by atoms with E-state index in [1.165, 1.54) is 64.0 Å². The van der Waals surface area contributed by atoms with Crippen LogP contribution >= 0.6 is 11.3 Å². The Bertz CT molecular complexity index is 1130. The van der Waals surface area contributed by atoms with Gasteiger partial charge in [0.2, 0.25) is 5.75 Å². The van der Waals surface area contributed by atoms with Crippen molar-refractivity contribution in [1.82, 2.24) is 0 Å². The topological polar surface area (TPSA) is 83.1 Å². The zero-order valence-corrected chi connectivity index (χ0v) is 19.0. The van der Waals surface area contributed by atoms with Crippen molar-refractivity contribution < 1.29 is 32.9 Å². The van der Waals surface area contributed by atoms with Gasteiger partial charge < -0.3 is 24.3 Å². The second-order valence-corrected chi connectivity index (χ2v) is 7.83. The Morgan fingerprint density at radius 2 is 1.53 bits per heavy atom. The first-order chi connectivity index (χ1) is 15.3. The summed E-state index contributed by atoms with van der Waals surface area (Å²) in [6, 6.07) is 8.78. The Kier molecular flexibility index (Phi) is 6.99. The van der Waals surface area contributed by atoms with E-state index in [0.29, 0.717) is 33.4 Å². The Morgan fingerprint density at radius 1 is 0.938 bits per heavy atom. The van der Waals surface area contributed by atoms with Crippen molar-refractivity contribution in [3.63, 3.8) is 0 Å². The highest BCUT2D eigenvalue weighted by molar-refractivity contribution is 7.17. The first-order valence-electron chi connectivity index (χ1n) is 9.43. The molecular formula is C23H22FNO6S. The number of amides is 1. The van der Waals surface area contributed by atoms with E-state index in [1.54, 1.807) is 12.1 Å². The molecule has 0 saturated carbocycles. The van der Waals surface area contributed by atoms with Crippen LogP contribution in [0.5, 0.6) is 17.2 Å². The van der Waals surface area contributed by atoms with Crippen molar-refractivity contribution >= 4 is 28.2 Å². The van der Waals surface area contributed by atoms with Crippen molar-refractivity contribution in [1.29, 1.82) is 0 Å². The smallest absolute Gasteiger partial charge is 0.341 e. The van der Waals surface area contributed by atoms with E-state index >= 15 is 0 Å². The second-order valence-electron chi connectivity index (χ2n) is 6.60. The van der Waals surface area contributed by atoms with Crippen molar-refractivity contribution in [3.8, 4) is 28.4 Å². The molecule has 0 saturated heterocycles. The standard InChI is InChI=1S/C23H22FNO6S/c1-12-18(13-6-8-15(24)9-7-13)19(23(27)31-5)22(32-12)25-21(26)14-10-16(28-2)20(30-4)17(11-14)29-3/h6-11H,1-5H3,(H,25,26). The molecule has 1 amide bonds. The molecule has 7 nitrogen and oxygen atoms in total. The lowest BCUT2D eigenvalue weighted by atomic mass is 10.0. The Morgan fingerprint density at radius 3 is 2.03 bits per heavy atom. The van der Waals surface area contributed by atoms with Crippen molar-refractivity contribution in [2.45, 2.75) is 6.92 Å². The molecule has 0 spiro atoms. The quantitative estimate of drug-likeness (QED) is 0.505. The van der Waals surface area contributed by atoms with Gasteiger partial charge in [-0.3, -0.25) is 4.79 Å². The summed E-state index contributed by atoms with van der Waals surface area (Å²) in [5, 5.41) is 3.09. The Hall–Kier alpha value is -3.59. The van der Waals surface area contributed by atoms with Gasteiger partial charge in [-0.1, -0.05) is 12.1 Å². The molecule has 168 valence electrons. The summed E-state index contributed by atoms with van der Waals surface area (Å²) in [4.78, 5) is 26.4. The minimum absolute atomic E-state index is 0.197. The third-order valence-electron chi connectivity index (χ3n) is 4.76. The van der Waals surface area contributed by atoms with Crippen LogP contribution in [-0.4, -0.2) is 40.3 Å². The molecule has 0 unspecified atom stereocenters. The first-order valence-corrected chi connectivity index (χ1v) is 10.2. The van der Waals surface area contributed by atoms with Gasteiger partial charge in [0, 0.05) is 16.0 Å². The molecule has 1 heterocycles. The van der Waals surface area contributed by atoms with E-state index in [-0.39, 0.29) is 11.1 Å². The number of benzene rings is 2. The number of carbonyl (C=O) groups is 2. The average molecular weight is 459 g/mol. The minimum Gasteiger partial charge on any atom is -0.493 e. The maximum atomic E-state index is 13.4. The summed E-state index contributed by atoms with van der Waals surface area (Å²) in [6.45, 7) is 1.81. The number of esters is 1. The molecular weight excluding hydrogens is 437 g/mol. The average Bonchev–Trinajstić information content (AvgIpc) is 3.13. The van der Waals surface area contributed by atoms with E-state index in [4.69, 9.17) is 18.9 Å². The molecule has 9 heteroatoms. The lowest BCUT2D eigenvalue weighted by Gasteiger charge is -2.14. The maximum absolute atomic E-state index is 13.4. The molecule has 0 aliphatic rings. The monoisotopic (exact) mass is 459 g/mol. The fourth-order valence-corrected chi connectivity index (χ4v) is 4.34. The predicted molar refractivity (Wildman–Crippen MR) is 120 cm³/mol. The molecule has 0 aliphatic carbocycles. The van der Waals surface area contributed by atoms with Crippen molar-refractivity contribution in [2.24, 2.45) is 0 Å². The number of aryl methyl sites for hydroxylation is 1. The molecule has 0 aliphatic heterocycles. The number of carbonyl (C=O) groups excluding carboxylic acids is 2. The SMILES string of the molecule is COC(=O)c1c(NC(=O)c2cc(OC)c(OC)c(OC)c2)sc(C)c1-c1ccc(F)cc1. The second kappa shape index (κ2) is 9.69. The highest BCUT2D eigenvalue weighted by Gasteiger charge is 2.26. The number of anilines is 1.